The third-order valence-corrected chi connectivity index (χ3v) is 4.06. The lowest BCUT2D eigenvalue weighted by Crippen LogP contribution is -2.38. The van der Waals surface area contributed by atoms with Crippen molar-refractivity contribution in [1.29, 1.82) is 0 Å². The summed E-state index contributed by atoms with van der Waals surface area (Å²) in [5.41, 5.74) is 0.135. The summed E-state index contributed by atoms with van der Waals surface area (Å²) in [6.07, 6.45) is 6.40. The summed E-state index contributed by atoms with van der Waals surface area (Å²) in [5.74, 6) is 1.13. The normalized spacial score (nSPS) is 30.5. The fourth-order valence-electron chi connectivity index (χ4n) is 3.23. The van der Waals surface area contributed by atoms with Crippen molar-refractivity contribution in [2.75, 3.05) is 0 Å². The Labute approximate surface area is 100 Å². The molecule has 0 aromatic carbocycles. The van der Waals surface area contributed by atoms with Gasteiger partial charge >= 0.3 is 0 Å². The highest BCUT2D eigenvalue weighted by Crippen LogP contribution is 2.44. The van der Waals surface area contributed by atoms with Gasteiger partial charge in [0.2, 0.25) is 0 Å². The van der Waals surface area contributed by atoms with Crippen molar-refractivity contribution in [3.8, 4) is 5.75 Å². The Morgan fingerprint density at radius 2 is 2.29 bits per heavy atom. The third-order valence-electron chi connectivity index (χ3n) is 4.06. The van der Waals surface area contributed by atoms with Crippen LogP contribution in [0.5, 0.6) is 5.75 Å². The molecule has 1 heterocycles. The average molecular weight is 232 g/mol. The monoisotopic (exact) mass is 232 g/mol. The molecule has 17 heavy (non-hydrogen) atoms. The summed E-state index contributed by atoms with van der Waals surface area (Å²) >= 11 is 0. The van der Waals surface area contributed by atoms with E-state index in [1.165, 1.54) is 31.5 Å². The van der Waals surface area contributed by atoms with Crippen molar-refractivity contribution in [3.05, 3.63) is 24.0 Å². The molecule has 3 atom stereocenters. The summed E-state index contributed by atoms with van der Waals surface area (Å²) in [6.45, 7) is 0. The molecule has 2 bridgehead atoms. The Morgan fingerprint density at radius 1 is 1.41 bits per heavy atom. The molecule has 0 saturated heterocycles. The van der Waals surface area contributed by atoms with Crippen molar-refractivity contribution in [2.24, 2.45) is 11.8 Å². The number of nitrogens with zero attached hydrogens (tertiary/aromatic N) is 1. The van der Waals surface area contributed by atoms with E-state index in [1.54, 1.807) is 6.07 Å². The first-order valence-electron chi connectivity index (χ1n) is 6.19. The summed E-state index contributed by atoms with van der Waals surface area (Å²) < 4.78 is 0. The van der Waals surface area contributed by atoms with E-state index >= 15 is 0 Å². The van der Waals surface area contributed by atoms with E-state index < -0.39 is 0 Å². The molecule has 0 radical (unpaired) electrons. The summed E-state index contributed by atoms with van der Waals surface area (Å²) in [7, 11) is 0. The smallest absolute Gasteiger partial charge is 0.273 e. The summed E-state index contributed by atoms with van der Waals surface area (Å²) in [5, 5.41) is 12.6. The number of pyridine rings is 1. The molecule has 4 nitrogen and oxygen atoms in total. The molecule has 0 spiro atoms. The van der Waals surface area contributed by atoms with Crippen molar-refractivity contribution < 1.29 is 9.90 Å². The number of aromatic hydroxyl groups is 1. The highest BCUT2D eigenvalue weighted by molar-refractivity contribution is 5.94. The van der Waals surface area contributed by atoms with Crippen molar-refractivity contribution >= 4 is 5.91 Å². The molecule has 2 aliphatic carbocycles. The lowest BCUT2D eigenvalue weighted by Gasteiger charge is -2.22. The molecule has 3 unspecified atom stereocenters. The minimum Gasteiger partial charge on any atom is -0.505 e. The second-order valence-electron chi connectivity index (χ2n) is 5.13. The number of carbonyl (C=O) groups excluding carboxylic acids is 1. The number of aromatic nitrogens is 1. The van der Waals surface area contributed by atoms with E-state index in [9.17, 15) is 9.90 Å². The van der Waals surface area contributed by atoms with Crippen LogP contribution in [0.1, 0.15) is 36.2 Å². The highest BCUT2D eigenvalue weighted by Gasteiger charge is 2.40. The van der Waals surface area contributed by atoms with E-state index in [0.717, 1.165) is 12.3 Å². The first kappa shape index (κ1) is 10.6. The highest BCUT2D eigenvalue weighted by atomic mass is 16.3. The maximum Gasteiger partial charge on any atom is 0.273 e. The number of amides is 1. The molecule has 2 N–H and O–H groups in total. The van der Waals surface area contributed by atoms with Gasteiger partial charge in [0.05, 0.1) is 0 Å². The minimum absolute atomic E-state index is 0.0480. The number of fused-ring (bicyclic) bond motifs is 2. The van der Waals surface area contributed by atoms with Crippen LogP contribution in [0.15, 0.2) is 18.3 Å². The fraction of sp³-hybridized carbons (Fsp3) is 0.538. The van der Waals surface area contributed by atoms with Crippen molar-refractivity contribution in [2.45, 2.75) is 31.7 Å². The van der Waals surface area contributed by atoms with Crippen LogP contribution < -0.4 is 5.32 Å². The van der Waals surface area contributed by atoms with Crippen LogP contribution in [0.3, 0.4) is 0 Å². The van der Waals surface area contributed by atoms with Gasteiger partial charge in [0, 0.05) is 12.2 Å². The average Bonchev–Trinajstić information content (AvgIpc) is 2.91. The predicted octanol–water partition coefficient (Wildman–Crippen LogP) is 1.71. The zero-order valence-electron chi connectivity index (χ0n) is 9.60. The Kier molecular flexibility index (Phi) is 2.50. The third kappa shape index (κ3) is 1.88. The molecule has 2 fully saturated rings. The number of carbonyl (C=O) groups is 1. The Hall–Kier alpha value is -1.58. The van der Waals surface area contributed by atoms with E-state index in [0.29, 0.717) is 5.92 Å². The number of rotatable bonds is 2. The number of nitrogens with one attached hydrogen (secondary N) is 1. The second kappa shape index (κ2) is 4.02. The van der Waals surface area contributed by atoms with Crippen LogP contribution in [0, 0.1) is 11.8 Å². The van der Waals surface area contributed by atoms with Gasteiger partial charge in [0.25, 0.3) is 5.91 Å². The number of hydrogen-bond donors (Lipinski definition) is 2. The maximum atomic E-state index is 12.0. The molecular formula is C13H16N2O2. The van der Waals surface area contributed by atoms with Gasteiger partial charge in [-0.3, -0.25) is 4.79 Å². The molecule has 0 aliphatic heterocycles. The van der Waals surface area contributed by atoms with Crippen LogP contribution in [0.2, 0.25) is 0 Å². The van der Waals surface area contributed by atoms with Gasteiger partial charge < -0.3 is 10.4 Å². The fourth-order valence-corrected chi connectivity index (χ4v) is 3.23. The molecule has 3 rings (SSSR count). The lowest BCUT2D eigenvalue weighted by atomic mass is 9.95. The van der Waals surface area contributed by atoms with Crippen molar-refractivity contribution in [1.82, 2.24) is 10.3 Å². The zero-order chi connectivity index (χ0) is 11.8. The van der Waals surface area contributed by atoms with Gasteiger partial charge in [0.1, 0.15) is 5.75 Å². The zero-order valence-corrected chi connectivity index (χ0v) is 9.60. The van der Waals surface area contributed by atoms with E-state index in [2.05, 4.69) is 10.3 Å². The largest absolute Gasteiger partial charge is 0.505 e. The van der Waals surface area contributed by atoms with Crippen LogP contribution in [-0.4, -0.2) is 22.0 Å². The molecule has 1 aromatic rings. The van der Waals surface area contributed by atoms with Gasteiger partial charge in [-0.1, -0.05) is 6.42 Å². The van der Waals surface area contributed by atoms with Gasteiger partial charge in [-0.15, -0.1) is 0 Å². The summed E-state index contributed by atoms with van der Waals surface area (Å²) in [6, 6.07) is 3.38. The van der Waals surface area contributed by atoms with Gasteiger partial charge in [-0.05, 0) is 43.2 Å². The molecule has 1 amide bonds. The molecule has 90 valence electrons. The quantitative estimate of drug-likeness (QED) is 0.816. The van der Waals surface area contributed by atoms with E-state index in [4.69, 9.17) is 0 Å². The van der Waals surface area contributed by atoms with E-state index in [1.807, 2.05) is 0 Å². The first-order valence-corrected chi connectivity index (χ1v) is 6.19. The Bertz CT molecular complexity index is 447. The Balaban J connectivity index is 1.70. The van der Waals surface area contributed by atoms with Crippen LogP contribution in [0.4, 0.5) is 0 Å². The van der Waals surface area contributed by atoms with Crippen LogP contribution >= 0.6 is 0 Å². The maximum absolute atomic E-state index is 12.0. The molecule has 2 saturated carbocycles. The molecule has 4 heteroatoms. The lowest BCUT2D eigenvalue weighted by molar-refractivity contribution is 0.0915. The standard InChI is InChI=1S/C13H16N2O2/c16-11-2-1-5-14-12(11)13(17)15-10-7-8-3-4-9(10)6-8/h1-2,5,8-10,16H,3-4,6-7H2,(H,15,17). The van der Waals surface area contributed by atoms with Gasteiger partial charge in [-0.2, -0.15) is 0 Å². The van der Waals surface area contributed by atoms with Gasteiger partial charge in [-0.25, -0.2) is 4.98 Å². The molecule has 2 aliphatic rings. The van der Waals surface area contributed by atoms with Crippen molar-refractivity contribution in [3.63, 3.8) is 0 Å². The van der Waals surface area contributed by atoms with Gasteiger partial charge in [0.15, 0.2) is 5.69 Å². The SMILES string of the molecule is O=C(NC1CC2CCC1C2)c1ncccc1O. The first-order chi connectivity index (χ1) is 8.24. The second-order valence-corrected chi connectivity index (χ2v) is 5.13. The minimum atomic E-state index is -0.249. The summed E-state index contributed by atoms with van der Waals surface area (Å²) in [4.78, 5) is 15.9. The predicted molar refractivity (Wildman–Crippen MR) is 62.6 cm³/mol. The topological polar surface area (TPSA) is 62.2 Å². The molecular weight excluding hydrogens is 216 g/mol. The van der Waals surface area contributed by atoms with Crippen LogP contribution in [0.25, 0.3) is 0 Å². The van der Waals surface area contributed by atoms with Crippen LogP contribution in [-0.2, 0) is 0 Å². The molecule has 1 aromatic heterocycles. The Morgan fingerprint density at radius 3 is 2.94 bits per heavy atom. The number of hydrogen-bond acceptors (Lipinski definition) is 3. The van der Waals surface area contributed by atoms with E-state index in [-0.39, 0.29) is 23.4 Å².